The van der Waals surface area contributed by atoms with Crippen LogP contribution in [0.1, 0.15) is 42.5 Å². The van der Waals surface area contributed by atoms with Crippen molar-refractivity contribution in [2.75, 3.05) is 20.2 Å². The van der Waals surface area contributed by atoms with Crippen LogP contribution in [-0.2, 0) is 14.3 Å². The Labute approximate surface area is 152 Å². The van der Waals surface area contributed by atoms with Crippen molar-refractivity contribution in [2.45, 2.75) is 38.1 Å². The Balaban J connectivity index is 1.76. The molecule has 1 aliphatic rings. The predicted molar refractivity (Wildman–Crippen MR) is 94.4 cm³/mol. The van der Waals surface area contributed by atoms with E-state index in [4.69, 9.17) is 16.3 Å². The maximum Gasteiger partial charge on any atom is 0.328 e. The van der Waals surface area contributed by atoms with E-state index in [1.165, 1.54) is 7.11 Å². The van der Waals surface area contributed by atoms with Crippen molar-refractivity contribution < 1.29 is 19.1 Å². The quantitative estimate of drug-likeness (QED) is 0.619. The van der Waals surface area contributed by atoms with Gasteiger partial charge in [-0.15, -0.1) is 0 Å². The van der Waals surface area contributed by atoms with Crippen molar-refractivity contribution in [3.8, 4) is 0 Å². The molecule has 0 aliphatic carbocycles. The second-order valence-electron chi connectivity index (χ2n) is 5.99. The number of hydrogen-bond acceptors (Lipinski definition) is 4. The highest BCUT2D eigenvalue weighted by Gasteiger charge is 2.32. The van der Waals surface area contributed by atoms with E-state index in [0.717, 1.165) is 12.8 Å². The third-order valence-corrected chi connectivity index (χ3v) is 4.51. The minimum Gasteiger partial charge on any atom is -0.467 e. The molecular formula is C18H23ClN2O4. The van der Waals surface area contributed by atoms with Gasteiger partial charge in [-0.25, -0.2) is 4.79 Å². The molecule has 0 radical (unpaired) electrons. The summed E-state index contributed by atoms with van der Waals surface area (Å²) in [4.78, 5) is 37.8. The maximum atomic E-state index is 12.4. The molecule has 1 atom stereocenters. The van der Waals surface area contributed by atoms with E-state index in [9.17, 15) is 14.4 Å². The molecule has 1 aromatic rings. The second-order valence-corrected chi connectivity index (χ2v) is 6.42. The van der Waals surface area contributed by atoms with Crippen LogP contribution in [0.15, 0.2) is 24.3 Å². The fourth-order valence-electron chi connectivity index (χ4n) is 2.90. The van der Waals surface area contributed by atoms with Crippen LogP contribution in [0, 0.1) is 0 Å². The number of piperidine rings is 1. The van der Waals surface area contributed by atoms with E-state index in [2.05, 4.69) is 5.32 Å². The van der Waals surface area contributed by atoms with Crippen molar-refractivity contribution in [1.29, 1.82) is 0 Å². The molecule has 1 heterocycles. The van der Waals surface area contributed by atoms with Gasteiger partial charge in [0, 0.05) is 30.1 Å². The van der Waals surface area contributed by atoms with Gasteiger partial charge in [0.05, 0.1) is 7.11 Å². The molecule has 1 aliphatic heterocycles. The predicted octanol–water partition coefficient (Wildman–Crippen LogP) is 2.40. The number of carbonyl (C=O) groups excluding carboxylic acids is 3. The minimum atomic E-state index is -0.477. The smallest absolute Gasteiger partial charge is 0.328 e. The third-order valence-electron chi connectivity index (χ3n) is 4.26. The summed E-state index contributed by atoms with van der Waals surface area (Å²) in [6.45, 7) is 0.972. The van der Waals surface area contributed by atoms with Crippen molar-refractivity contribution in [3.63, 3.8) is 0 Å². The molecule has 136 valence electrons. The third kappa shape index (κ3) is 5.46. The van der Waals surface area contributed by atoms with Gasteiger partial charge in [0.25, 0.3) is 5.91 Å². The summed E-state index contributed by atoms with van der Waals surface area (Å²) in [5.41, 5.74) is 0.525. The van der Waals surface area contributed by atoms with E-state index < -0.39 is 6.04 Å². The highest BCUT2D eigenvalue weighted by molar-refractivity contribution is 6.30. The van der Waals surface area contributed by atoms with Crippen molar-refractivity contribution in [1.82, 2.24) is 10.2 Å². The van der Waals surface area contributed by atoms with Gasteiger partial charge in [-0.1, -0.05) is 11.6 Å². The molecule has 1 aromatic carbocycles. The topological polar surface area (TPSA) is 75.7 Å². The molecule has 1 unspecified atom stereocenters. The fourth-order valence-corrected chi connectivity index (χ4v) is 3.03. The monoisotopic (exact) mass is 366 g/mol. The first kappa shape index (κ1) is 19.2. The van der Waals surface area contributed by atoms with Crippen molar-refractivity contribution in [3.05, 3.63) is 34.9 Å². The largest absolute Gasteiger partial charge is 0.467 e. The molecule has 25 heavy (non-hydrogen) atoms. The normalized spacial score (nSPS) is 17.0. The zero-order valence-corrected chi connectivity index (χ0v) is 15.1. The molecule has 1 N–H and O–H groups in total. The lowest BCUT2D eigenvalue weighted by Crippen LogP contribution is -2.48. The van der Waals surface area contributed by atoms with Crippen LogP contribution >= 0.6 is 11.6 Å². The number of nitrogens with zero attached hydrogens (tertiary/aromatic N) is 1. The van der Waals surface area contributed by atoms with E-state index in [1.807, 2.05) is 0 Å². The Morgan fingerprint density at radius 2 is 1.96 bits per heavy atom. The van der Waals surface area contributed by atoms with Gasteiger partial charge < -0.3 is 15.0 Å². The number of esters is 1. The van der Waals surface area contributed by atoms with Crippen LogP contribution in [0.5, 0.6) is 0 Å². The summed E-state index contributed by atoms with van der Waals surface area (Å²) in [6, 6.07) is 6.14. The number of amides is 2. The zero-order chi connectivity index (χ0) is 18.2. The summed E-state index contributed by atoms with van der Waals surface area (Å²) < 4.78 is 4.79. The Hall–Kier alpha value is -2.08. The number of hydrogen-bond donors (Lipinski definition) is 1. The molecule has 0 spiro atoms. The van der Waals surface area contributed by atoms with Crippen LogP contribution in [0.25, 0.3) is 0 Å². The number of likely N-dealkylation sites (tertiary alicyclic amines) is 1. The molecule has 1 saturated heterocycles. The van der Waals surface area contributed by atoms with E-state index >= 15 is 0 Å². The van der Waals surface area contributed by atoms with Gasteiger partial charge in [0.1, 0.15) is 6.04 Å². The standard InChI is InChI=1S/C18H23ClN2O4/c1-25-18(24)15-5-2-3-12-21(15)16(22)6-4-11-20-17(23)13-7-9-14(19)10-8-13/h7-10,15H,2-6,11-12H2,1H3,(H,20,23). The summed E-state index contributed by atoms with van der Waals surface area (Å²) in [6.07, 6.45) is 3.26. The first-order valence-corrected chi connectivity index (χ1v) is 8.82. The van der Waals surface area contributed by atoms with Gasteiger partial charge in [0.15, 0.2) is 0 Å². The Morgan fingerprint density at radius 1 is 1.24 bits per heavy atom. The first-order chi connectivity index (χ1) is 12.0. The minimum absolute atomic E-state index is 0.0733. The second kappa shape index (κ2) is 9.42. The Bertz CT molecular complexity index is 618. The Morgan fingerprint density at radius 3 is 2.64 bits per heavy atom. The molecule has 0 bridgehead atoms. The van der Waals surface area contributed by atoms with E-state index in [-0.39, 0.29) is 24.2 Å². The molecule has 0 saturated carbocycles. The molecular weight excluding hydrogens is 344 g/mol. The number of ether oxygens (including phenoxy) is 1. The average Bonchev–Trinajstić information content (AvgIpc) is 2.64. The van der Waals surface area contributed by atoms with Crippen LogP contribution in [-0.4, -0.2) is 48.9 Å². The summed E-state index contributed by atoms with van der Waals surface area (Å²) in [7, 11) is 1.34. The van der Waals surface area contributed by atoms with Gasteiger partial charge in [-0.05, 0) is 49.9 Å². The van der Waals surface area contributed by atoms with Crippen LogP contribution in [0.3, 0.4) is 0 Å². The van der Waals surface area contributed by atoms with Crippen molar-refractivity contribution in [2.24, 2.45) is 0 Å². The highest BCUT2D eigenvalue weighted by Crippen LogP contribution is 2.19. The summed E-state index contributed by atoms with van der Waals surface area (Å²) in [5, 5.41) is 3.35. The lowest BCUT2D eigenvalue weighted by atomic mass is 10.0. The SMILES string of the molecule is COC(=O)C1CCCCN1C(=O)CCCNC(=O)c1ccc(Cl)cc1. The number of rotatable bonds is 6. The molecule has 0 aromatic heterocycles. The van der Waals surface area contributed by atoms with Crippen molar-refractivity contribution >= 4 is 29.4 Å². The molecule has 1 fully saturated rings. The van der Waals surface area contributed by atoms with Gasteiger partial charge in [0.2, 0.25) is 5.91 Å². The maximum absolute atomic E-state index is 12.4. The lowest BCUT2D eigenvalue weighted by Gasteiger charge is -2.33. The van der Waals surface area contributed by atoms with Crippen LogP contribution in [0.4, 0.5) is 0 Å². The Kier molecular flexibility index (Phi) is 7.25. The number of benzene rings is 1. The van der Waals surface area contributed by atoms with Gasteiger partial charge in [-0.3, -0.25) is 9.59 Å². The van der Waals surface area contributed by atoms with Gasteiger partial charge >= 0.3 is 5.97 Å². The van der Waals surface area contributed by atoms with Gasteiger partial charge in [-0.2, -0.15) is 0 Å². The number of carbonyl (C=O) groups is 3. The lowest BCUT2D eigenvalue weighted by molar-refractivity contribution is -0.154. The first-order valence-electron chi connectivity index (χ1n) is 8.44. The number of halogens is 1. The molecule has 2 amide bonds. The van der Waals surface area contributed by atoms with Crippen LogP contribution in [0.2, 0.25) is 5.02 Å². The summed E-state index contributed by atoms with van der Waals surface area (Å²) in [5.74, 6) is -0.630. The zero-order valence-electron chi connectivity index (χ0n) is 14.3. The molecule has 6 nitrogen and oxygen atoms in total. The van der Waals surface area contributed by atoms with Crippen LogP contribution < -0.4 is 5.32 Å². The summed E-state index contributed by atoms with van der Waals surface area (Å²) >= 11 is 5.79. The molecule has 7 heteroatoms. The molecule has 2 rings (SSSR count). The average molecular weight is 367 g/mol. The van der Waals surface area contributed by atoms with E-state index in [0.29, 0.717) is 36.5 Å². The number of methoxy groups -OCH3 is 1. The highest BCUT2D eigenvalue weighted by atomic mass is 35.5. The fraction of sp³-hybridized carbons (Fsp3) is 0.500. The van der Waals surface area contributed by atoms with E-state index in [1.54, 1.807) is 29.2 Å². The number of nitrogens with one attached hydrogen (secondary N) is 1.